The largest absolute Gasteiger partial charge is 0.375 e. The van der Waals surface area contributed by atoms with Crippen molar-refractivity contribution in [2.75, 3.05) is 40.0 Å². The molecule has 18 heavy (non-hydrogen) atoms. The van der Waals surface area contributed by atoms with E-state index in [0.717, 1.165) is 26.1 Å². The van der Waals surface area contributed by atoms with Crippen molar-refractivity contribution in [3.05, 3.63) is 0 Å². The Morgan fingerprint density at radius 2 is 1.72 bits per heavy atom. The summed E-state index contributed by atoms with van der Waals surface area (Å²) in [5, 5.41) is 0. The van der Waals surface area contributed by atoms with Gasteiger partial charge in [-0.2, -0.15) is 0 Å². The Kier molecular flexibility index (Phi) is 16.1. The van der Waals surface area contributed by atoms with Crippen LogP contribution in [0.5, 0.6) is 0 Å². The van der Waals surface area contributed by atoms with Gasteiger partial charge in [0, 0.05) is 26.3 Å². The van der Waals surface area contributed by atoms with Crippen LogP contribution >= 0.6 is 0 Å². The quantitative estimate of drug-likeness (QED) is 0.660. The van der Waals surface area contributed by atoms with E-state index >= 15 is 0 Å². The Bertz CT molecular complexity index is 180. The second-order valence-electron chi connectivity index (χ2n) is 3.82. The second-order valence-corrected chi connectivity index (χ2v) is 3.82. The highest BCUT2D eigenvalue weighted by molar-refractivity contribution is 5.76. The molecule has 1 fully saturated rings. The first kappa shape index (κ1) is 19.9. The lowest BCUT2D eigenvalue weighted by atomic mass is 10.2. The maximum atomic E-state index is 10.5. The molecule has 1 rings (SSSR count). The van der Waals surface area contributed by atoms with Gasteiger partial charge in [-0.05, 0) is 20.4 Å². The molecule has 0 unspecified atom stereocenters. The molecule has 1 aliphatic rings. The molecule has 0 radical (unpaired) electrons. The van der Waals surface area contributed by atoms with Gasteiger partial charge in [0.05, 0.1) is 6.10 Å². The molecule has 0 aromatic rings. The van der Waals surface area contributed by atoms with Crippen LogP contribution in [0, 0.1) is 0 Å². The summed E-state index contributed by atoms with van der Waals surface area (Å²) >= 11 is 0. The van der Waals surface area contributed by atoms with E-state index in [2.05, 4.69) is 11.9 Å². The Morgan fingerprint density at radius 1 is 1.17 bits per heavy atom. The predicted molar refractivity (Wildman–Crippen MR) is 76.1 cm³/mol. The van der Waals surface area contributed by atoms with Crippen LogP contribution in [-0.4, -0.2) is 56.7 Å². The van der Waals surface area contributed by atoms with E-state index in [1.807, 2.05) is 27.7 Å². The van der Waals surface area contributed by atoms with Gasteiger partial charge in [-0.15, -0.1) is 0 Å². The lowest BCUT2D eigenvalue weighted by Gasteiger charge is -2.35. The normalized spacial score (nSPS) is 14.8. The highest BCUT2D eigenvalue weighted by atomic mass is 16.5. The van der Waals surface area contributed by atoms with Crippen molar-refractivity contribution >= 4 is 5.78 Å². The Labute approximate surface area is 113 Å². The van der Waals surface area contributed by atoms with Gasteiger partial charge in [0.1, 0.15) is 6.61 Å². The third kappa shape index (κ3) is 12.0. The minimum absolute atomic E-state index is 0.0755. The van der Waals surface area contributed by atoms with Gasteiger partial charge >= 0.3 is 0 Å². The van der Waals surface area contributed by atoms with Crippen LogP contribution in [-0.2, 0) is 14.3 Å². The fourth-order valence-electron chi connectivity index (χ4n) is 1.37. The van der Waals surface area contributed by atoms with Crippen molar-refractivity contribution in [2.45, 2.75) is 47.1 Å². The number of rotatable bonds is 7. The number of carbonyl (C=O) groups is 1. The number of ketones is 1. The molecule has 0 saturated carbocycles. The second kappa shape index (κ2) is 14.6. The molecule has 0 spiro atoms. The maximum absolute atomic E-state index is 10.5. The van der Waals surface area contributed by atoms with E-state index < -0.39 is 0 Å². The van der Waals surface area contributed by atoms with E-state index in [4.69, 9.17) is 9.47 Å². The first-order valence-electron chi connectivity index (χ1n) is 7.06. The summed E-state index contributed by atoms with van der Waals surface area (Å²) in [4.78, 5) is 12.7. The lowest BCUT2D eigenvalue weighted by molar-refractivity contribution is -0.121. The summed E-state index contributed by atoms with van der Waals surface area (Å²) < 4.78 is 10.7. The number of hydrogen-bond acceptors (Lipinski definition) is 4. The summed E-state index contributed by atoms with van der Waals surface area (Å²) in [7, 11) is 2.08. The van der Waals surface area contributed by atoms with Crippen LogP contribution in [0.1, 0.15) is 41.0 Å². The van der Waals surface area contributed by atoms with Crippen LogP contribution in [0.2, 0.25) is 0 Å². The first-order chi connectivity index (χ1) is 8.68. The van der Waals surface area contributed by atoms with Crippen molar-refractivity contribution in [3.8, 4) is 0 Å². The van der Waals surface area contributed by atoms with Gasteiger partial charge in [0.25, 0.3) is 0 Å². The summed E-state index contributed by atoms with van der Waals surface area (Å²) in [5.74, 6) is 0.0755. The number of likely N-dealkylation sites (N-methyl/N-ethyl adjacent to an activating group) is 1. The Morgan fingerprint density at radius 3 is 2.17 bits per heavy atom. The van der Waals surface area contributed by atoms with Crippen molar-refractivity contribution in [1.82, 2.24) is 4.90 Å². The molecule has 0 N–H and O–H groups in total. The fourth-order valence-corrected chi connectivity index (χ4v) is 1.37. The standard InChI is InChI=1S/C10H19NO3.2C2H6/c1-9(12)8-13-4-3-5-14-10-6-11(2)7-10;2*1-2/h10H,3-8H2,1-2H3;2*1-2H3. The molecule has 0 bridgehead atoms. The average molecular weight is 261 g/mol. The molecule has 0 amide bonds. The Balaban J connectivity index is 0. The van der Waals surface area contributed by atoms with Gasteiger partial charge < -0.3 is 14.4 Å². The Hall–Kier alpha value is -0.450. The minimum Gasteiger partial charge on any atom is -0.375 e. The van der Waals surface area contributed by atoms with Crippen molar-refractivity contribution in [2.24, 2.45) is 0 Å². The zero-order valence-electron chi connectivity index (χ0n) is 13.0. The van der Waals surface area contributed by atoms with Gasteiger partial charge in [-0.1, -0.05) is 27.7 Å². The molecule has 4 nitrogen and oxygen atoms in total. The molecule has 0 aromatic heterocycles. The van der Waals surface area contributed by atoms with Crippen LogP contribution in [0.4, 0.5) is 0 Å². The third-order valence-corrected chi connectivity index (χ3v) is 2.12. The number of Topliss-reactive ketones (excluding diaryl/α,β-unsaturated/α-hetero) is 1. The SMILES string of the molecule is CC.CC.CC(=O)COCCCOC1CN(C)C1. The van der Waals surface area contributed by atoms with E-state index in [0.29, 0.717) is 12.7 Å². The fraction of sp³-hybridized carbons (Fsp3) is 0.929. The number of nitrogens with zero attached hydrogens (tertiary/aromatic N) is 1. The maximum Gasteiger partial charge on any atom is 0.155 e. The van der Waals surface area contributed by atoms with E-state index in [9.17, 15) is 4.79 Å². The molecule has 0 aliphatic carbocycles. The zero-order valence-corrected chi connectivity index (χ0v) is 13.0. The monoisotopic (exact) mass is 261 g/mol. The third-order valence-electron chi connectivity index (χ3n) is 2.12. The molecule has 4 heteroatoms. The van der Waals surface area contributed by atoms with Gasteiger partial charge in [0.15, 0.2) is 5.78 Å². The zero-order chi connectivity index (χ0) is 14.4. The summed E-state index contributed by atoms with van der Waals surface area (Å²) in [6, 6.07) is 0. The molecule has 110 valence electrons. The smallest absolute Gasteiger partial charge is 0.155 e. The molecule has 1 heterocycles. The van der Waals surface area contributed by atoms with Gasteiger partial charge in [-0.3, -0.25) is 4.79 Å². The number of hydrogen-bond donors (Lipinski definition) is 0. The van der Waals surface area contributed by atoms with Gasteiger partial charge in [-0.25, -0.2) is 0 Å². The summed E-state index contributed by atoms with van der Waals surface area (Å²) in [6.07, 6.45) is 1.28. The van der Waals surface area contributed by atoms with Crippen molar-refractivity contribution in [1.29, 1.82) is 0 Å². The predicted octanol–water partition coefficient (Wildman–Crippen LogP) is 2.37. The van der Waals surface area contributed by atoms with Crippen LogP contribution in [0.25, 0.3) is 0 Å². The number of ether oxygens (including phenoxy) is 2. The number of likely N-dealkylation sites (tertiary alicyclic amines) is 1. The molecule has 1 saturated heterocycles. The van der Waals surface area contributed by atoms with E-state index in [1.165, 1.54) is 6.92 Å². The summed E-state index contributed by atoms with van der Waals surface area (Å²) in [6.45, 7) is 13.2. The first-order valence-corrected chi connectivity index (χ1v) is 7.06. The minimum atomic E-state index is 0.0755. The van der Waals surface area contributed by atoms with Gasteiger partial charge in [0.2, 0.25) is 0 Å². The van der Waals surface area contributed by atoms with Crippen LogP contribution in [0.15, 0.2) is 0 Å². The molecular formula is C14H31NO3. The van der Waals surface area contributed by atoms with Crippen molar-refractivity contribution < 1.29 is 14.3 Å². The molecular weight excluding hydrogens is 230 g/mol. The van der Waals surface area contributed by atoms with E-state index in [1.54, 1.807) is 0 Å². The summed E-state index contributed by atoms with van der Waals surface area (Å²) in [5.41, 5.74) is 0. The molecule has 0 aromatic carbocycles. The topological polar surface area (TPSA) is 38.8 Å². The highest BCUT2D eigenvalue weighted by Crippen LogP contribution is 2.08. The van der Waals surface area contributed by atoms with E-state index in [-0.39, 0.29) is 12.4 Å². The molecule has 1 aliphatic heterocycles. The average Bonchev–Trinajstić information content (AvgIpc) is 2.35. The lowest BCUT2D eigenvalue weighted by Crippen LogP contribution is -2.49. The van der Waals surface area contributed by atoms with Crippen molar-refractivity contribution in [3.63, 3.8) is 0 Å². The van der Waals surface area contributed by atoms with Crippen LogP contribution in [0.3, 0.4) is 0 Å². The highest BCUT2D eigenvalue weighted by Gasteiger charge is 2.22. The molecule has 0 atom stereocenters. The number of carbonyl (C=O) groups excluding carboxylic acids is 1. The van der Waals surface area contributed by atoms with Crippen LogP contribution < -0.4 is 0 Å².